The molecule has 0 aliphatic carbocycles. The van der Waals surface area contributed by atoms with Gasteiger partial charge in [-0.25, -0.2) is 0 Å². The fraction of sp³-hybridized carbons (Fsp3) is 0.611. The Balaban J connectivity index is 2.03. The molecule has 0 saturated carbocycles. The van der Waals surface area contributed by atoms with Crippen LogP contribution in [0.4, 0.5) is 0 Å². The summed E-state index contributed by atoms with van der Waals surface area (Å²) in [5.74, 6) is 1.22. The Kier molecular flexibility index (Phi) is 5.12. The van der Waals surface area contributed by atoms with E-state index in [0.717, 1.165) is 11.3 Å². The number of methoxy groups -OCH3 is 1. The minimum Gasteiger partial charge on any atom is -0.497 e. The van der Waals surface area contributed by atoms with E-state index in [0.29, 0.717) is 19.6 Å². The van der Waals surface area contributed by atoms with E-state index in [1.165, 1.54) is 0 Å². The average molecular weight is 305 g/mol. The van der Waals surface area contributed by atoms with Gasteiger partial charge < -0.3 is 14.4 Å². The van der Waals surface area contributed by atoms with Gasteiger partial charge in [-0.3, -0.25) is 4.79 Å². The molecule has 0 N–H and O–H groups in total. The van der Waals surface area contributed by atoms with Gasteiger partial charge in [-0.1, -0.05) is 19.1 Å². The molecular formula is C18H27NO3. The summed E-state index contributed by atoms with van der Waals surface area (Å²) in [5.41, 5.74) is 0.928. The number of ether oxygens (including phenoxy) is 2. The highest BCUT2D eigenvalue weighted by atomic mass is 16.5. The predicted octanol–water partition coefficient (Wildman–Crippen LogP) is 3.21. The molecule has 0 radical (unpaired) electrons. The van der Waals surface area contributed by atoms with Crippen molar-refractivity contribution in [3.63, 3.8) is 0 Å². The van der Waals surface area contributed by atoms with Crippen LogP contribution in [0.25, 0.3) is 0 Å². The summed E-state index contributed by atoms with van der Waals surface area (Å²) in [4.78, 5) is 14.7. The summed E-state index contributed by atoms with van der Waals surface area (Å²) in [7, 11) is 1.66. The molecule has 0 spiro atoms. The maximum Gasteiger partial charge on any atom is 0.223 e. The van der Waals surface area contributed by atoms with E-state index in [9.17, 15) is 4.79 Å². The van der Waals surface area contributed by atoms with Gasteiger partial charge in [-0.05, 0) is 44.4 Å². The second-order valence-electron chi connectivity index (χ2n) is 6.82. The quantitative estimate of drug-likeness (QED) is 0.857. The molecule has 2 atom stereocenters. The fourth-order valence-electron chi connectivity index (χ4n) is 2.84. The number of amides is 1. The largest absolute Gasteiger partial charge is 0.497 e. The molecule has 1 fully saturated rings. The van der Waals surface area contributed by atoms with Crippen LogP contribution in [0.2, 0.25) is 0 Å². The van der Waals surface area contributed by atoms with Crippen molar-refractivity contribution in [3.05, 3.63) is 29.8 Å². The third-order valence-corrected chi connectivity index (χ3v) is 4.36. The first kappa shape index (κ1) is 16.8. The molecule has 1 aromatic rings. The first-order valence-electron chi connectivity index (χ1n) is 7.89. The molecule has 2 unspecified atom stereocenters. The zero-order chi connectivity index (χ0) is 16.3. The van der Waals surface area contributed by atoms with E-state index in [2.05, 4.69) is 20.8 Å². The maximum atomic E-state index is 12.7. The second-order valence-corrected chi connectivity index (χ2v) is 6.82. The standard InChI is InChI=1S/C18H27NO3/c1-13(15-6-8-16(21-5)9-7-15)10-17(20)19-11-14(2)22-12-18(19,3)4/h6-9,13-14H,10-12H2,1-5H3. The van der Waals surface area contributed by atoms with Crippen LogP contribution in [-0.2, 0) is 9.53 Å². The summed E-state index contributed by atoms with van der Waals surface area (Å²) in [6.45, 7) is 9.50. The van der Waals surface area contributed by atoms with Crippen molar-refractivity contribution in [1.29, 1.82) is 0 Å². The van der Waals surface area contributed by atoms with Crippen LogP contribution in [0, 0.1) is 0 Å². The van der Waals surface area contributed by atoms with Gasteiger partial charge in [0.1, 0.15) is 5.75 Å². The van der Waals surface area contributed by atoms with Gasteiger partial charge in [0.2, 0.25) is 5.91 Å². The lowest BCUT2D eigenvalue weighted by molar-refractivity contribution is -0.153. The average Bonchev–Trinajstić information content (AvgIpc) is 2.49. The Morgan fingerprint density at radius 3 is 2.64 bits per heavy atom. The van der Waals surface area contributed by atoms with E-state index in [-0.39, 0.29) is 23.5 Å². The molecule has 1 aromatic carbocycles. The summed E-state index contributed by atoms with van der Waals surface area (Å²) in [6.07, 6.45) is 0.621. The van der Waals surface area contributed by atoms with Crippen molar-refractivity contribution in [3.8, 4) is 5.75 Å². The zero-order valence-corrected chi connectivity index (χ0v) is 14.3. The van der Waals surface area contributed by atoms with Crippen LogP contribution in [-0.4, -0.2) is 42.7 Å². The lowest BCUT2D eigenvalue weighted by atomic mass is 9.94. The molecule has 4 heteroatoms. The van der Waals surface area contributed by atoms with Gasteiger partial charge in [0.05, 0.1) is 25.4 Å². The molecule has 2 rings (SSSR count). The van der Waals surface area contributed by atoms with Gasteiger partial charge in [0.15, 0.2) is 0 Å². The Bertz CT molecular complexity index is 510. The summed E-state index contributed by atoms with van der Waals surface area (Å²) < 4.78 is 10.9. The van der Waals surface area contributed by atoms with Crippen molar-refractivity contribution in [2.24, 2.45) is 0 Å². The molecule has 1 heterocycles. The number of rotatable bonds is 4. The van der Waals surface area contributed by atoms with Crippen LogP contribution in [0.1, 0.15) is 45.6 Å². The van der Waals surface area contributed by atoms with Crippen molar-refractivity contribution in [2.45, 2.75) is 51.7 Å². The van der Waals surface area contributed by atoms with E-state index in [1.807, 2.05) is 36.1 Å². The Morgan fingerprint density at radius 1 is 1.41 bits per heavy atom. The highest BCUT2D eigenvalue weighted by Gasteiger charge is 2.36. The third-order valence-electron chi connectivity index (χ3n) is 4.36. The molecule has 0 bridgehead atoms. The molecule has 1 amide bonds. The van der Waals surface area contributed by atoms with Gasteiger partial charge in [0.25, 0.3) is 0 Å². The minimum atomic E-state index is -0.233. The predicted molar refractivity (Wildman–Crippen MR) is 87.2 cm³/mol. The van der Waals surface area contributed by atoms with E-state index >= 15 is 0 Å². The van der Waals surface area contributed by atoms with Gasteiger partial charge >= 0.3 is 0 Å². The normalized spacial score (nSPS) is 22.2. The zero-order valence-electron chi connectivity index (χ0n) is 14.3. The van der Waals surface area contributed by atoms with Gasteiger partial charge in [0, 0.05) is 13.0 Å². The molecule has 1 aliphatic rings. The lowest BCUT2D eigenvalue weighted by Gasteiger charge is -2.45. The van der Waals surface area contributed by atoms with Crippen LogP contribution in [0.15, 0.2) is 24.3 Å². The van der Waals surface area contributed by atoms with Crippen LogP contribution in [0.3, 0.4) is 0 Å². The molecule has 22 heavy (non-hydrogen) atoms. The SMILES string of the molecule is COc1ccc(C(C)CC(=O)N2CC(C)OCC2(C)C)cc1. The Labute approximate surface area is 133 Å². The number of hydrogen-bond donors (Lipinski definition) is 0. The number of benzene rings is 1. The Hall–Kier alpha value is -1.55. The number of hydrogen-bond acceptors (Lipinski definition) is 3. The number of nitrogens with zero attached hydrogens (tertiary/aromatic N) is 1. The number of morpholine rings is 1. The second kappa shape index (κ2) is 6.69. The van der Waals surface area contributed by atoms with Crippen LogP contribution in [0.5, 0.6) is 5.75 Å². The highest BCUT2D eigenvalue weighted by molar-refractivity contribution is 5.78. The van der Waals surface area contributed by atoms with Crippen molar-refractivity contribution < 1.29 is 14.3 Å². The summed E-state index contributed by atoms with van der Waals surface area (Å²) in [5, 5.41) is 0. The maximum absolute atomic E-state index is 12.7. The van der Waals surface area contributed by atoms with Crippen LogP contribution < -0.4 is 4.74 Å². The highest BCUT2D eigenvalue weighted by Crippen LogP contribution is 2.27. The van der Waals surface area contributed by atoms with E-state index in [1.54, 1.807) is 7.11 Å². The van der Waals surface area contributed by atoms with Crippen molar-refractivity contribution in [2.75, 3.05) is 20.3 Å². The smallest absolute Gasteiger partial charge is 0.223 e. The van der Waals surface area contributed by atoms with E-state index < -0.39 is 0 Å². The molecule has 1 aliphatic heterocycles. The fourth-order valence-corrected chi connectivity index (χ4v) is 2.84. The van der Waals surface area contributed by atoms with E-state index in [4.69, 9.17) is 9.47 Å². The third kappa shape index (κ3) is 3.80. The monoisotopic (exact) mass is 305 g/mol. The minimum absolute atomic E-state index is 0.105. The molecule has 0 aromatic heterocycles. The van der Waals surface area contributed by atoms with Crippen LogP contribution >= 0.6 is 0 Å². The molecule has 4 nitrogen and oxygen atoms in total. The van der Waals surface area contributed by atoms with Crippen molar-refractivity contribution in [1.82, 2.24) is 4.90 Å². The van der Waals surface area contributed by atoms with Crippen molar-refractivity contribution >= 4 is 5.91 Å². The topological polar surface area (TPSA) is 38.8 Å². The molecular weight excluding hydrogens is 278 g/mol. The molecule has 1 saturated heterocycles. The number of carbonyl (C=O) groups excluding carboxylic acids is 1. The Morgan fingerprint density at radius 2 is 2.05 bits per heavy atom. The summed E-state index contributed by atoms with van der Waals surface area (Å²) >= 11 is 0. The molecule has 122 valence electrons. The van der Waals surface area contributed by atoms with Gasteiger partial charge in [-0.15, -0.1) is 0 Å². The lowest BCUT2D eigenvalue weighted by Crippen LogP contribution is -2.57. The number of carbonyl (C=O) groups is 1. The van der Waals surface area contributed by atoms with Gasteiger partial charge in [-0.2, -0.15) is 0 Å². The summed E-state index contributed by atoms with van der Waals surface area (Å²) in [6, 6.07) is 7.95. The first-order chi connectivity index (χ1) is 10.3. The first-order valence-corrected chi connectivity index (χ1v) is 7.89.